The Hall–Kier alpha value is -3.35. The lowest BCUT2D eigenvalue weighted by Crippen LogP contribution is -2.51. The van der Waals surface area contributed by atoms with Gasteiger partial charge in [0.2, 0.25) is 10.0 Å². The van der Waals surface area contributed by atoms with E-state index in [1.54, 1.807) is 27.9 Å². The first-order valence-corrected chi connectivity index (χ1v) is 13.4. The number of fused-ring (bicyclic) bond motifs is 1. The molecule has 7 nitrogen and oxygen atoms in total. The number of halogens is 4. The van der Waals surface area contributed by atoms with Gasteiger partial charge in [-0.05, 0) is 66.6 Å². The van der Waals surface area contributed by atoms with Crippen molar-refractivity contribution in [2.45, 2.75) is 30.5 Å². The van der Waals surface area contributed by atoms with E-state index in [0.717, 1.165) is 22.0 Å². The summed E-state index contributed by atoms with van der Waals surface area (Å²) in [6.45, 7) is 1.80. The molecule has 12 heteroatoms. The van der Waals surface area contributed by atoms with Crippen LogP contribution in [0.4, 0.5) is 17.6 Å². The lowest BCUT2D eigenvalue weighted by molar-refractivity contribution is -0.140. The maximum Gasteiger partial charge on any atom is 0.390 e. The van der Waals surface area contributed by atoms with Crippen molar-refractivity contribution in [1.82, 2.24) is 24.0 Å². The Morgan fingerprint density at radius 3 is 2.50 bits per heavy atom. The van der Waals surface area contributed by atoms with Gasteiger partial charge in [-0.1, -0.05) is 0 Å². The third-order valence-electron chi connectivity index (χ3n) is 6.79. The number of benzene rings is 2. The molecule has 200 valence electrons. The van der Waals surface area contributed by atoms with Crippen LogP contribution in [0.2, 0.25) is 0 Å². The van der Waals surface area contributed by atoms with Gasteiger partial charge in [0.05, 0.1) is 23.8 Å². The van der Waals surface area contributed by atoms with Crippen molar-refractivity contribution in [3.05, 3.63) is 84.1 Å². The summed E-state index contributed by atoms with van der Waals surface area (Å²) in [5.41, 5.74) is 2.91. The monoisotopic (exact) mass is 547 g/mol. The smallest absolute Gasteiger partial charge is 0.293 e. The number of rotatable bonds is 6. The number of hydrogen-bond acceptors (Lipinski definition) is 5. The Bertz CT molecular complexity index is 1540. The average Bonchev–Trinajstić information content (AvgIpc) is 3.30. The highest BCUT2D eigenvalue weighted by Gasteiger charge is 2.38. The van der Waals surface area contributed by atoms with Crippen molar-refractivity contribution in [1.29, 1.82) is 0 Å². The van der Waals surface area contributed by atoms with Gasteiger partial charge in [-0.3, -0.25) is 9.88 Å². The van der Waals surface area contributed by atoms with Crippen LogP contribution in [0.3, 0.4) is 0 Å². The zero-order valence-electron chi connectivity index (χ0n) is 20.4. The molecule has 0 bridgehead atoms. The first-order chi connectivity index (χ1) is 18.0. The highest BCUT2D eigenvalue weighted by atomic mass is 32.2. The fourth-order valence-electron chi connectivity index (χ4n) is 4.84. The molecule has 2 aromatic heterocycles. The third-order valence-corrected chi connectivity index (χ3v) is 8.64. The van der Waals surface area contributed by atoms with E-state index < -0.39 is 28.7 Å². The quantitative estimate of drug-likeness (QED) is 0.322. The van der Waals surface area contributed by atoms with Crippen LogP contribution in [-0.2, 0) is 10.0 Å². The molecular formula is C26H25F4N5O2S. The number of pyridine rings is 1. The standard InChI is InChI=1S/C26H25F4N5O2S/c1-18-13-24-19(15-32-35(24)21-6-4-20(27)5-7-21)14-23(18)25-17-34(12-11-33(25)10-8-26(28,29)30)38(36,37)22-3-2-9-31-16-22/h2-7,9,13-16,25H,8,10-12,17H2,1H3/t25-/m1/s1. The molecule has 1 saturated heterocycles. The Kier molecular flexibility index (Phi) is 6.97. The molecule has 0 unspecified atom stereocenters. The summed E-state index contributed by atoms with van der Waals surface area (Å²) in [5, 5.41) is 5.16. The van der Waals surface area contributed by atoms with Crippen LogP contribution in [0, 0.1) is 12.7 Å². The van der Waals surface area contributed by atoms with E-state index in [-0.39, 0.29) is 36.9 Å². The average molecular weight is 548 g/mol. The highest BCUT2D eigenvalue weighted by molar-refractivity contribution is 7.89. The molecule has 4 aromatic rings. The topological polar surface area (TPSA) is 71.3 Å². The number of aryl methyl sites for hydroxylation is 1. The van der Waals surface area contributed by atoms with Crippen LogP contribution in [0.1, 0.15) is 23.6 Å². The Labute approximate surface area is 217 Å². The Balaban J connectivity index is 1.52. The molecule has 0 saturated carbocycles. The maximum absolute atomic E-state index is 13.4. The maximum atomic E-state index is 13.4. The summed E-state index contributed by atoms with van der Waals surface area (Å²) in [6, 6.07) is 12.0. The summed E-state index contributed by atoms with van der Waals surface area (Å²) in [4.78, 5) is 5.64. The summed E-state index contributed by atoms with van der Waals surface area (Å²) >= 11 is 0. The molecule has 0 radical (unpaired) electrons. The van der Waals surface area contributed by atoms with Crippen LogP contribution in [0.15, 0.2) is 72.0 Å². The molecule has 0 N–H and O–H groups in total. The van der Waals surface area contributed by atoms with Crippen molar-refractivity contribution >= 4 is 20.9 Å². The molecule has 5 rings (SSSR count). The van der Waals surface area contributed by atoms with Gasteiger partial charge in [-0.2, -0.15) is 22.6 Å². The van der Waals surface area contributed by atoms with E-state index in [4.69, 9.17) is 0 Å². The Morgan fingerprint density at radius 2 is 1.82 bits per heavy atom. The lowest BCUT2D eigenvalue weighted by atomic mass is 9.96. The van der Waals surface area contributed by atoms with Crippen LogP contribution in [0.25, 0.3) is 16.6 Å². The van der Waals surface area contributed by atoms with Gasteiger partial charge < -0.3 is 0 Å². The fraction of sp³-hybridized carbons (Fsp3) is 0.308. The van der Waals surface area contributed by atoms with Crippen LogP contribution in [0.5, 0.6) is 0 Å². The van der Waals surface area contributed by atoms with Gasteiger partial charge >= 0.3 is 6.18 Å². The van der Waals surface area contributed by atoms with Crippen molar-refractivity contribution in [2.24, 2.45) is 0 Å². The number of sulfonamides is 1. The van der Waals surface area contributed by atoms with Gasteiger partial charge in [0.25, 0.3) is 0 Å². The van der Waals surface area contributed by atoms with Crippen molar-refractivity contribution in [3.8, 4) is 5.69 Å². The number of hydrogen-bond donors (Lipinski definition) is 0. The van der Waals surface area contributed by atoms with E-state index in [2.05, 4.69) is 10.1 Å². The van der Waals surface area contributed by atoms with Crippen LogP contribution in [-0.4, -0.2) is 64.7 Å². The molecule has 2 aromatic carbocycles. The number of nitrogens with zero attached hydrogens (tertiary/aromatic N) is 5. The van der Waals surface area contributed by atoms with Crippen LogP contribution >= 0.6 is 0 Å². The molecule has 1 fully saturated rings. The van der Waals surface area contributed by atoms with E-state index in [1.807, 2.05) is 19.1 Å². The number of piperazine rings is 1. The van der Waals surface area contributed by atoms with Gasteiger partial charge in [-0.25, -0.2) is 17.5 Å². The predicted molar refractivity (Wildman–Crippen MR) is 134 cm³/mol. The van der Waals surface area contributed by atoms with Crippen molar-refractivity contribution in [3.63, 3.8) is 0 Å². The van der Waals surface area contributed by atoms with Crippen LogP contribution < -0.4 is 0 Å². The number of alkyl halides is 3. The van der Waals surface area contributed by atoms with Gasteiger partial charge in [-0.15, -0.1) is 0 Å². The molecule has 38 heavy (non-hydrogen) atoms. The molecule has 1 aliphatic heterocycles. The third kappa shape index (κ3) is 5.29. The van der Waals surface area contributed by atoms with Crippen molar-refractivity contribution in [2.75, 3.05) is 26.2 Å². The zero-order chi connectivity index (χ0) is 27.1. The largest absolute Gasteiger partial charge is 0.390 e. The van der Waals surface area contributed by atoms with E-state index in [1.165, 1.54) is 41.0 Å². The lowest BCUT2D eigenvalue weighted by Gasteiger charge is -2.41. The second-order valence-corrected chi connectivity index (χ2v) is 11.2. The second kappa shape index (κ2) is 10.1. The van der Waals surface area contributed by atoms with Crippen molar-refractivity contribution < 1.29 is 26.0 Å². The minimum Gasteiger partial charge on any atom is -0.293 e. The zero-order valence-corrected chi connectivity index (χ0v) is 21.3. The SMILES string of the molecule is Cc1cc2c(cnn2-c2ccc(F)cc2)cc1[C@H]1CN(S(=O)(=O)c2cccnc2)CCN1CCC(F)(F)F. The first-order valence-electron chi connectivity index (χ1n) is 12.0. The molecule has 0 spiro atoms. The van der Waals surface area contributed by atoms with Gasteiger partial charge in [0, 0.05) is 50.0 Å². The highest BCUT2D eigenvalue weighted by Crippen LogP contribution is 2.34. The molecule has 3 heterocycles. The summed E-state index contributed by atoms with van der Waals surface area (Å²) in [5.74, 6) is -0.370. The summed E-state index contributed by atoms with van der Waals surface area (Å²) in [6.07, 6.45) is -0.959. The van der Waals surface area contributed by atoms with Gasteiger partial charge in [0.1, 0.15) is 10.7 Å². The minimum atomic E-state index is -4.33. The fourth-order valence-corrected chi connectivity index (χ4v) is 6.24. The molecular weight excluding hydrogens is 522 g/mol. The number of aromatic nitrogens is 3. The second-order valence-electron chi connectivity index (χ2n) is 9.27. The summed E-state index contributed by atoms with van der Waals surface area (Å²) < 4.78 is 82.4. The summed E-state index contributed by atoms with van der Waals surface area (Å²) in [7, 11) is -3.89. The predicted octanol–water partition coefficient (Wildman–Crippen LogP) is 4.87. The normalized spacial score (nSPS) is 17.8. The molecule has 0 amide bonds. The molecule has 1 atom stereocenters. The van der Waals surface area contributed by atoms with E-state index in [9.17, 15) is 26.0 Å². The molecule has 0 aliphatic carbocycles. The first kappa shape index (κ1) is 26.3. The van der Waals surface area contributed by atoms with Gasteiger partial charge in [0.15, 0.2) is 0 Å². The van der Waals surface area contributed by atoms with E-state index in [0.29, 0.717) is 5.69 Å². The van der Waals surface area contributed by atoms with E-state index >= 15 is 0 Å². The minimum absolute atomic E-state index is 0.00642. The molecule has 1 aliphatic rings. The Morgan fingerprint density at radius 1 is 1.05 bits per heavy atom.